The van der Waals surface area contributed by atoms with Gasteiger partial charge in [0.25, 0.3) is 0 Å². The highest BCUT2D eigenvalue weighted by Gasteiger charge is 2.17. The van der Waals surface area contributed by atoms with E-state index in [0.29, 0.717) is 5.76 Å². The molecule has 0 amide bonds. The summed E-state index contributed by atoms with van der Waals surface area (Å²) in [6.07, 6.45) is -0.744. The molecule has 0 fully saturated rings. The van der Waals surface area contributed by atoms with Crippen molar-refractivity contribution in [3.05, 3.63) is 70.1 Å². The van der Waals surface area contributed by atoms with E-state index in [1.54, 1.807) is 0 Å². The maximum Gasteiger partial charge on any atom is 0.137 e. The van der Waals surface area contributed by atoms with Gasteiger partial charge in [-0.3, -0.25) is 0 Å². The first kappa shape index (κ1) is 12.5. The van der Waals surface area contributed by atoms with Gasteiger partial charge in [-0.15, -0.1) is 0 Å². The number of fused-ring (bicyclic) bond motifs is 1. The summed E-state index contributed by atoms with van der Waals surface area (Å²) in [5.41, 5.74) is 0.855. The molecule has 1 atom stereocenters. The van der Waals surface area contributed by atoms with Crippen LogP contribution in [0.4, 0.5) is 0 Å². The Morgan fingerprint density at radius 1 is 1.00 bits per heavy atom. The quantitative estimate of drug-likeness (QED) is 0.750. The van der Waals surface area contributed by atoms with Gasteiger partial charge in [0.1, 0.15) is 17.6 Å². The number of benzene rings is 2. The third kappa shape index (κ3) is 2.20. The highest BCUT2D eigenvalue weighted by molar-refractivity contribution is 9.10. The van der Waals surface area contributed by atoms with Crippen LogP contribution in [0.3, 0.4) is 0 Å². The van der Waals surface area contributed by atoms with Gasteiger partial charge in [0.2, 0.25) is 0 Å². The fourth-order valence-electron chi connectivity index (χ4n) is 2.28. The number of rotatable bonds is 2. The van der Waals surface area contributed by atoms with Crippen LogP contribution >= 0.6 is 15.9 Å². The Morgan fingerprint density at radius 3 is 2.42 bits per heavy atom. The van der Waals surface area contributed by atoms with Crippen molar-refractivity contribution in [3.63, 3.8) is 0 Å². The number of furan rings is 1. The normalized spacial score (nSPS) is 12.8. The van der Waals surface area contributed by atoms with E-state index in [2.05, 4.69) is 15.9 Å². The van der Waals surface area contributed by atoms with Crippen molar-refractivity contribution in [3.8, 4) is 0 Å². The molecule has 2 aromatic carbocycles. The molecule has 0 spiro atoms. The molecule has 0 saturated carbocycles. The first-order valence-corrected chi connectivity index (χ1v) is 6.87. The molecule has 96 valence electrons. The Labute approximate surface area is 119 Å². The lowest BCUT2D eigenvalue weighted by molar-refractivity contribution is 0.189. The van der Waals surface area contributed by atoms with Crippen LogP contribution in [0.1, 0.15) is 23.2 Å². The van der Waals surface area contributed by atoms with E-state index in [9.17, 15) is 5.11 Å². The molecular formula is C16H13BrO2. The predicted molar refractivity (Wildman–Crippen MR) is 79.2 cm³/mol. The molecule has 3 heteroatoms. The van der Waals surface area contributed by atoms with Crippen molar-refractivity contribution in [1.82, 2.24) is 0 Å². The van der Waals surface area contributed by atoms with Crippen molar-refractivity contribution in [1.29, 1.82) is 0 Å². The van der Waals surface area contributed by atoms with Gasteiger partial charge in [-0.2, -0.15) is 0 Å². The van der Waals surface area contributed by atoms with Crippen LogP contribution in [0, 0.1) is 6.92 Å². The topological polar surface area (TPSA) is 33.4 Å². The largest absolute Gasteiger partial charge is 0.463 e. The predicted octanol–water partition coefficient (Wildman–Crippen LogP) is 4.59. The molecule has 0 aliphatic carbocycles. The van der Waals surface area contributed by atoms with Crippen LogP contribution in [0.5, 0.6) is 0 Å². The van der Waals surface area contributed by atoms with E-state index >= 15 is 0 Å². The summed E-state index contributed by atoms with van der Waals surface area (Å²) in [5, 5.41) is 12.6. The van der Waals surface area contributed by atoms with Crippen molar-refractivity contribution in [2.45, 2.75) is 13.0 Å². The Hall–Kier alpha value is -1.58. The molecule has 19 heavy (non-hydrogen) atoms. The lowest BCUT2D eigenvalue weighted by atomic mass is 9.99. The maximum absolute atomic E-state index is 10.5. The molecule has 0 aliphatic heterocycles. The standard InChI is InChI=1S/C16H13BrO2/c1-10-6-9-15(19-10)16(18)13-7-8-14(17)12-5-3-2-4-11(12)13/h2-9,16,18H,1H3. The van der Waals surface area contributed by atoms with E-state index < -0.39 is 6.10 Å². The highest BCUT2D eigenvalue weighted by Crippen LogP contribution is 2.33. The Kier molecular flexibility index (Phi) is 3.17. The SMILES string of the molecule is Cc1ccc(C(O)c2ccc(Br)c3ccccc23)o1. The number of aryl methyl sites for hydroxylation is 1. The summed E-state index contributed by atoms with van der Waals surface area (Å²) in [6.45, 7) is 1.87. The second-order valence-corrected chi connectivity index (χ2v) is 5.39. The second kappa shape index (κ2) is 4.83. The smallest absolute Gasteiger partial charge is 0.137 e. The number of hydrogen-bond acceptors (Lipinski definition) is 2. The first-order valence-electron chi connectivity index (χ1n) is 6.08. The Morgan fingerprint density at radius 2 is 1.74 bits per heavy atom. The minimum Gasteiger partial charge on any atom is -0.463 e. The summed E-state index contributed by atoms with van der Waals surface area (Å²) in [6, 6.07) is 15.6. The lowest BCUT2D eigenvalue weighted by Gasteiger charge is -2.12. The summed E-state index contributed by atoms with van der Waals surface area (Å²) >= 11 is 3.54. The van der Waals surface area contributed by atoms with E-state index in [0.717, 1.165) is 26.6 Å². The third-order valence-corrected chi connectivity index (χ3v) is 3.92. The first-order chi connectivity index (χ1) is 9.16. The average Bonchev–Trinajstić information content (AvgIpc) is 2.86. The van der Waals surface area contributed by atoms with Gasteiger partial charge in [-0.25, -0.2) is 0 Å². The van der Waals surface area contributed by atoms with Gasteiger partial charge in [0.05, 0.1) is 0 Å². The lowest BCUT2D eigenvalue weighted by Crippen LogP contribution is -1.99. The summed E-state index contributed by atoms with van der Waals surface area (Å²) in [7, 11) is 0. The molecule has 1 heterocycles. The van der Waals surface area contributed by atoms with Crippen LogP contribution in [-0.4, -0.2) is 5.11 Å². The fraction of sp³-hybridized carbons (Fsp3) is 0.125. The van der Waals surface area contributed by atoms with Crippen LogP contribution in [0.2, 0.25) is 0 Å². The van der Waals surface area contributed by atoms with Gasteiger partial charge in [-0.1, -0.05) is 46.3 Å². The summed E-state index contributed by atoms with van der Waals surface area (Å²) < 4.78 is 6.54. The fourth-order valence-corrected chi connectivity index (χ4v) is 2.76. The monoisotopic (exact) mass is 316 g/mol. The van der Waals surface area contributed by atoms with Crippen LogP contribution in [0.25, 0.3) is 10.8 Å². The van der Waals surface area contributed by atoms with Crippen molar-refractivity contribution >= 4 is 26.7 Å². The second-order valence-electron chi connectivity index (χ2n) is 4.53. The van der Waals surface area contributed by atoms with Gasteiger partial charge in [0, 0.05) is 4.47 Å². The average molecular weight is 317 g/mol. The van der Waals surface area contributed by atoms with Gasteiger partial charge in [0.15, 0.2) is 0 Å². The number of halogens is 1. The minimum absolute atomic E-state index is 0.574. The molecule has 0 saturated heterocycles. The molecule has 0 radical (unpaired) electrons. The highest BCUT2D eigenvalue weighted by atomic mass is 79.9. The van der Waals surface area contributed by atoms with Crippen LogP contribution in [0.15, 0.2) is 57.4 Å². The van der Waals surface area contributed by atoms with Crippen molar-refractivity contribution < 1.29 is 9.52 Å². The molecule has 0 aliphatic rings. The molecule has 2 nitrogen and oxygen atoms in total. The van der Waals surface area contributed by atoms with Crippen molar-refractivity contribution in [2.75, 3.05) is 0 Å². The van der Waals surface area contributed by atoms with E-state index in [4.69, 9.17) is 4.42 Å². The van der Waals surface area contributed by atoms with Gasteiger partial charge < -0.3 is 9.52 Å². The van der Waals surface area contributed by atoms with E-state index in [1.807, 2.05) is 55.5 Å². The van der Waals surface area contributed by atoms with Crippen LogP contribution in [-0.2, 0) is 0 Å². The van der Waals surface area contributed by atoms with E-state index in [-0.39, 0.29) is 0 Å². The van der Waals surface area contributed by atoms with Crippen LogP contribution < -0.4 is 0 Å². The molecule has 1 N–H and O–H groups in total. The molecule has 3 aromatic rings. The number of aliphatic hydroxyl groups excluding tert-OH is 1. The zero-order chi connectivity index (χ0) is 13.4. The Bertz CT molecular complexity index is 730. The molecule has 3 rings (SSSR count). The molecular weight excluding hydrogens is 304 g/mol. The zero-order valence-electron chi connectivity index (χ0n) is 10.4. The number of hydrogen-bond donors (Lipinski definition) is 1. The maximum atomic E-state index is 10.5. The minimum atomic E-state index is -0.744. The zero-order valence-corrected chi connectivity index (χ0v) is 12.0. The van der Waals surface area contributed by atoms with Gasteiger partial charge >= 0.3 is 0 Å². The summed E-state index contributed by atoms with van der Waals surface area (Å²) in [5.74, 6) is 1.38. The van der Waals surface area contributed by atoms with Crippen molar-refractivity contribution in [2.24, 2.45) is 0 Å². The molecule has 1 aromatic heterocycles. The van der Waals surface area contributed by atoms with Gasteiger partial charge in [-0.05, 0) is 41.5 Å². The number of aliphatic hydroxyl groups is 1. The third-order valence-electron chi connectivity index (χ3n) is 3.23. The van der Waals surface area contributed by atoms with E-state index in [1.165, 1.54) is 0 Å². The molecule has 0 bridgehead atoms. The molecule has 1 unspecified atom stereocenters. The summed E-state index contributed by atoms with van der Waals surface area (Å²) in [4.78, 5) is 0. The Balaban J connectivity index is 2.18.